The van der Waals surface area contributed by atoms with Crippen LogP contribution in [0.3, 0.4) is 0 Å². The Hall–Kier alpha value is -2.16. The van der Waals surface area contributed by atoms with Crippen LogP contribution in [0, 0.1) is 0 Å². The Morgan fingerprint density at radius 1 is 1.20 bits per heavy atom. The molecule has 0 spiro atoms. The molecule has 2 aromatic rings. The highest BCUT2D eigenvalue weighted by Crippen LogP contribution is 2.30. The zero-order valence-electron chi connectivity index (χ0n) is 12.9. The van der Waals surface area contributed by atoms with E-state index in [1.165, 1.54) is 42.4 Å². The first-order chi connectivity index (χ1) is 11.7. The van der Waals surface area contributed by atoms with Gasteiger partial charge in [0.1, 0.15) is 5.03 Å². The topological polar surface area (TPSA) is 33.2 Å². The van der Waals surface area contributed by atoms with Gasteiger partial charge in [0.15, 0.2) is 0 Å². The van der Waals surface area contributed by atoms with Gasteiger partial charge in [-0.05, 0) is 41.6 Å². The number of thioether (sulfide) groups is 1. The van der Waals surface area contributed by atoms with Gasteiger partial charge in [-0.1, -0.05) is 12.1 Å². The summed E-state index contributed by atoms with van der Waals surface area (Å²) in [4.78, 5) is 17.4. The van der Waals surface area contributed by atoms with Crippen LogP contribution in [-0.2, 0) is 12.7 Å². The summed E-state index contributed by atoms with van der Waals surface area (Å²) in [6.07, 6.45) is -3.13. The molecule has 0 unspecified atom stereocenters. The second kappa shape index (κ2) is 7.81. The lowest BCUT2D eigenvalue weighted by Gasteiger charge is -2.19. The number of benzene rings is 1. The molecule has 1 aromatic heterocycles. The van der Waals surface area contributed by atoms with Gasteiger partial charge in [0, 0.05) is 19.8 Å². The third kappa shape index (κ3) is 5.15. The van der Waals surface area contributed by atoms with E-state index in [9.17, 15) is 26.7 Å². The number of carbonyl (C=O) groups excluding carboxylic acids is 1. The summed E-state index contributed by atoms with van der Waals surface area (Å²) in [6, 6.07) is 7.22. The van der Waals surface area contributed by atoms with Crippen LogP contribution in [0.2, 0.25) is 0 Å². The van der Waals surface area contributed by atoms with Crippen LogP contribution in [-0.4, -0.2) is 28.6 Å². The maximum absolute atomic E-state index is 12.6. The summed E-state index contributed by atoms with van der Waals surface area (Å²) in [5.74, 6) is -3.27. The van der Waals surface area contributed by atoms with Crippen LogP contribution in [0.4, 0.5) is 22.0 Å². The van der Waals surface area contributed by atoms with Gasteiger partial charge in [0.05, 0.1) is 11.1 Å². The molecule has 0 aliphatic rings. The number of nitrogens with zero attached hydrogens (tertiary/aromatic N) is 2. The highest BCUT2D eigenvalue weighted by molar-refractivity contribution is 7.99. The van der Waals surface area contributed by atoms with Crippen molar-refractivity contribution in [1.82, 2.24) is 9.88 Å². The Labute approximate surface area is 144 Å². The van der Waals surface area contributed by atoms with E-state index in [-0.39, 0.29) is 28.9 Å². The summed E-state index contributed by atoms with van der Waals surface area (Å²) >= 11 is 0.165. The van der Waals surface area contributed by atoms with Crippen LogP contribution in [0.5, 0.6) is 0 Å². The molecule has 0 aliphatic carbocycles. The molecule has 0 radical (unpaired) electrons. The molecule has 1 amide bonds. The van der Waals surface area contributed by atoms with Gasteiger partial charge in [-0.15, -0.1) is 0 Å². The Bertz CT molecular complexity index is 734. The summed E-state index contributed by atoms with van der Waals surface area (Å²) in [5.41, 5.74) is -0.286. The number of hydrogen-bond donors (Lipinski definition) is 0. The second-order valence-corrected chi connectivity index (χ2v) is 6.07. The van der Waals surface area contributed by atoms with E-state index in [0.29, 0.717) is 5.56 Å². The number of amides is 1. The molecular weight excluding hydrogens is 363 g/mol. The van der Waals surface area contributed by atoms with Crippen LogP contribution < -0.4 is 0 Å². The van der Waals surface area contributed by atoms with Gasteiger partial charge in [0.2, 0.25) is 0 Å². The van der Waals surface area contributed by atoms with Crippen molar-refractivity contribution in [2.75, 3.05) is 7.05 Å². The molecule has 0 bridgehead atoms. The molecule has 25 heavy (non-hydrogen) atoms. The van der Waals surface area contributed by atoms with Crippen LogP contribution in [0.1, 0.15) is 21.5 Å². The quantitative estimate of drug-likeness (QED) is 0.561. The van der Waals surface area contributed by atoms with Gasteiger partial charge in [-0.25, -0.2) is 4.98 Å². The number of rotatable bonds is 5. The third-order valence-corrected chi connectivity index (χ3v) is 3.98. The number of aromatic nitrogens is 1. The largest absolute Gasteiger partial charge is 0.416 e. The maximum Gasteiger partial charge on any atom is 0.416 e. The van der Waals surface area contributed by atoms with E-state index in [2.05, 4.69) is 4.98 Å². The highest BCUT2D eigenvalue weighted by atomic mass is 32.2. The third-order valence-electron chi connectivity index (χ3n) is 3.25. The molecule has 0 atom stereocenters. The molecule has 0 N–H and O–H groups in total. The van der Waals surface area contributed by atoms with E-state index in [4.69, 9.17) is 0 Å². The normalized spacial score (nSPS) is 11.6. The van der Waals surface area contributed by atoms with Crippen LogP contribution in [0.25, 0.3) is 0 Å². The van der Waals surface area contributed by atoms with Crippen LogP contribution in [0.15, 0.2) is 47.6 Å². The van der Waals surface area contributed by atoms with Crippen LogP contribution >= 0.6 is 11.8 Å². The number of hydrogen-bond acceptors (Lipinski definition) is 3. The van der Waals surface area contributed by atoms with Crippen molar-refractivity contribution in [2.24, 2.45) is 0 Å². The lowest BCUT2D eigenvalue weighted by atomic mass is 10.1. The summed E-state index contributed by atoms with van der Waals surface area (Å²) in [6.45, 7) is 0.0324. The predicted octanol–water partition coefficient (Wildman–Crippen LogP) is 4.69. The Morgan fingerprint density at radius 3 is 2.40 bits per heavy atom. The van der Waals surface area contributed by atoms with E-state index in [1.807, 2.05) is 0 Å². The van der Waals surface area contributed by atoms with Crippen molar-refractivity contribution < 1.29 is 26.7 Å². The van der Waals surface area contributed by atoms with Crippen molar-refractivity contribution in [3.8, 4) is 0 Å². The zero-order chi connectivity index (χ0) is 18.6. The zero-order valence-corrected chi connectivity index (χ0v) is 13.7. The molecule has 2 rings (SSSR count). The molecule has 1 aromatic carbocycles. The Kier molecular flexibility index (Phi) is 5.99. The number of pyridine rings is 1. The fraction of sp³-hybridized carbons (Fsp3) is 0.250. The Morgan fingerprint density at radius 2 is 1.84 bits per heavy atom. The smallest absolute Gasteiger partial charge is 0.337 e. The predicted molar refractivity (Wildman–Crippen MR) is 83.3 cm³/mol. The molecule has 0 aliphatic heterocycles. The van der Waals surface area contributed by atoms with Gasteiger partial charge >= 0.3 is 6.18 Å². The molecule has 134 valence electrons. The van der Waals surface area contributed by atoms with Crippen molar-refractivity contribution in [2.45, 2.75) is 23.5 Å². The van der Waals surface area contributed by atoms with Gasteiger partial charge in [0.25, 0.3) is 11.7 Å². The lowest BCUT2D eigenvalue weighted by Crippen LogP contribution is -2.27. The average Bonchev–Trinajstić information content (AvgIpc) is 2.54. The minimum absolute atomic E-state index is 0.0159. The number of alkyl halides is 5. The number of halogens is 5. The Balaban J connectivity index is 2.13. The SMILES string of the molecule is CN(Cc1ccc(C(F)(F)F)cc1)C(=O)c1cccnc1SC(F)F. The fourth-order valence-corrected chi connectivity index (χ4v) is 2.66. The maximum atomic E-state index is 12.6. The molecule has 0 saturated heterocycles. The fourth-order valence-electron chi connectivity index (χ4n) is 2.08. The minimum Gasteiger partial charge on any atom is -0.337 e. The molecule has 1 heterocycles. The first-order valence-electron chi connectivity index (χ1n) is 7.00. The van der Waals surface area contributed by atoms with Gasteiger partial charge in [-0.3, -0.25) is 4.79 Å². The summed E-state index contributed by atoms with van der Waals surface area (Å²) in [5, 5.41) is -0.0956. The van der Waals surface area contributed by atoms with E-state index < -0.39 is 23.4 Å². The monoisotopic (exact) mass is 376 g/mol. The van der Waals surface area contributed by atoms with E-state index in [0.717, 1.165) is 12.1 Å². The number of carbonyl (C=O) groups is 1. The molecule has 0 saturated carbocycles. The molecule has 9 heteroatoms. The molecule has 3 nitrogen and oxygen atoms in total. The minimum atomic E-state index is -4.43. The second-order valence-electron chi connectivity index (χ2n) is 5.09. The van der Waals surface area contributed by atoms with E-state index in [1.54, 1.807) is 0 Å². The molecular formula is C16H13F5N2OS. The average molecular weight is 376 g/mol. The lowest BCUT2D eigenvalue weighted by molar-refractivity contribution is -0.137. The van der Waals surface area contributed by atoms with Crippen molar-refractivity contribution in [3.05, 3.63) is 59.3 Å². The van der Waals surface area contributed by atoms with Crippen molar-refractivity contribution in [3.63, 3.8) is 0 Å². The van der Waals surface area contributed by atoms with Crippen molar-refractivity contribution >= 4 is 17.7 Å². The summed E-state index contributed by atoms with van der Waals surface area (Å²) in [7, 11) is 1.43. The highest BCUT2D eigenvalue weighted by Gasteiger charge is 2.30. The van der Waals surface area contributed by atoms with Gasteiger partial charge < -0.3 is 4.90 Å². The standard InChI is InChI=1S/C16H13F5N2OS/c1-23(9-10-4-6-11(7-5-10)16(19,20)21)14(24)12-3-2-8-22-13(12)25-15(17)18/h2-8,15H,9H2,1H3. The first kappa shape index (κ1) is 19.2. The van der Waals surface area contributed by atoms with Gasteiger partial charge in [-0.2, -0.15) is 22.0 Å². The van der Waals surface area contributed by atoms with Crippen molar-refractivity contribution in [1.29, 1.82) is 0 Å². The van der Waals surface area contributed by atoms with E-state index >= 15 is 0 Å². The molecule has 0 fully saturated rings. The summed E-state index contributed by atoms with van der Waals surface area (Å²) < 4.78 is 62.7. The first-order valence-corrected chi connectivity index (χ1v) is 7.88.